The van der Waals surface area contributed by atoms with Crippen LogP contribution in [0.1, 0.15) is 49.2 Å². The summed E-state index contributed by atoms with van der Waals surface area (Å²) in [6.07, 6.45) is -5.62. The molecule has 0 saturated carbocycles. The van der Waals surface area contributed by atoms with Crippen LogP contribution >= 0.6 is 0 Å². The van der Waals surface area contributed by atoms with Crippen LogP contribution in [0.5, 0.6) is 0 Å². The number of nitrogens with zero attached hydrogens (tertiary/aromatic N) is 2. The lowest BCUT2D eigenvalue weighted by Crippen LogP contribution is -2.51. The van der Waals surface area contributed by atoms with Gasteiger partial charge in [0, 0.05) is 25.2 Å². The molecule has 33 heavy (non-hydrogen) atoms. The molecule has 1 aromatic rings. The van der Waals surface area contributed by atoms with Gasteiger partial charge < -0.3 is 15.4 Å². The Hall–Kier alpha value is -3.31. The fourth-order valence-corrected chi connectivity index (χ4v) is 3.66. The molecule has 1 saturated heterocycles. The molecule has 2 heterocycles. The van der Waals surface area contributed by atoms with Gasteiger partial charge in [-0.3, -0.25) is 14.4 Å². The number of ether oxygens (including phenoxy) is 1. The summed E-state index contributed by atoms with van der Waals surface area (Å²) in [5.74, 6) is -5.32. The number of amides is 4. The topological polar surface area (TPSA) is 108 Å². The minimum absolute atomic E-state index is 0.108. The number of nitrogens with one attached hydrogen (secondary N) is 2. The summed E-state index contributed by atoms with van der Waals surface area (Å²) in [6.45, 7) is 4.02. The highest BCUT2D eigenvalue weighted by molar-refractivity contribution is 6.02. The number of carbonyl (C=O) groups is 4. The number of alkyl halides is 3. The standard InChI is InChI=1S/C21H25F3N4O5/c1-20(2,3)33-19(32)25-11-14(21(22,23)24)16(29)26-15-12-7-4-5-8-13(12)17(30)27-9-6-10-28(27)18(15)31/h4-5,7-8,14-15H,6,9-11H2,1-3H3,(H,25,32)(H,26,29)/t14-,15+/m1/s1. The molecule has 4 amide bonds. The van der Waals surface area contributed by atoms with E-state index in [1.54, 1.807) is 26.8 Å². The molecule has 180 valence electrons. The molecule has 3 rings (SSSR count). The monoisotopic (exact) mass is 470 g/mol. The zero-order valence-corrected chi connectivity index (χ0v) is 18.4. The third-order valence-electron chi connectivity index (χ3n) is 5.12. The average Bonchev–Trinajstić information content (AvgIpc) is 3.16. The molecular formula is C21H25F3N4O5. The van der Waals surface area contributed by atoms with E-state index in [0.717, 1.165) is 5.01 Å². The Labute approximate surface area is 188 Å². The fourth-order valence-electron chi connectivity index (χ4n) is 3.66. The second-order valence-corrected chi connectivity index (χ2v) is 8.75. The number of benzene rings is 1. The number of rotatable bonds is 4. The first-order chi connectivity index (χ1) is 15.3. The Balaban J connectivity index is 1.84. The van der Waals surface area contributed by atoms with Crippen molar-refractivity contribution >= 4 is 23.8 Å². The van der Waals surface area contributed by atoms with Gasteiger partial charge in [-0.25, -0.2) is 14.8 Å². The predicted molar refractivity (Wildman–Crippen MR) is 108 cm³/mol. The maximum Gasteiger partial charge on any atom is 0.407 e. The highest BCUT2D eigenvalue weighted by atomic mass is 19.4. The van der Waals surface area contributed by atoms with Gasteiger partial charge in [-0.1, -0.05) is 18.2 Å². The largest absolute Gasteiger partial charge is 0.444 e. The Morgan fingerprint density at radius 2 is 1.76 bits per heavy atom. The average molecular weight is 470 g/mol. The lowest BCUT2D eigenvalue weighted by atomic mass is 9.98. The van der Waals surface area contributed by atoms with Crippen LogP contribution in [0.25, 0.3) is 0 Å². The van der Waals surface area contributed by atoms with E-state index in [-0.39, 0.29) is 24.2 Å². The van der Waals surface area contributed by atoms with Crippen molar-refractivity contribution in [3.05, 3.63) is 35.4 Å². The third-order valence-corrected chi connectivity index (χ3v) is 5.12. The van der Waals surface area contributed by atoms with E-state index in [4.69, 9.17) is 4.74 Å². The van der Waals surface area contributed by atoms with Crippen LogP contribution in [0.4, 0.5) is 18.0 Å². The van der Waals surface area contributed by atoms with E-state index in [1.165, 1.54) is 23.2 Å². The van der Waals surface area contributed by atoms with Crippen molar-refractivity contribution in [2.24, 2.45) is 5.92 Å². The van der Waals surface area contributed by atoms with Gasteiger partial charge in [-0.2, -0.15) is 13.2 Å². The predicted octanol–water partition coefficient (Wildman–Crippen LogP) is 2.15. The first kappa shape index (κ1) is 24.3. The number of hydrazine groups is 1. The van der Waals surface area contributed by atoms with Gasteiger partial charge in [0.1, 0.15) is 11.6 Å². The molecule has 0 unspecified atom stereocenters. The van der Waals surface area contributed by atoms with Gasteiger partial charge in [0.2, 0.25) is 5.91 Å². The first-order valence-corrected chi connectivity index (χ1v) is 10.4. The zero-order valence-electron chi connectivity index (χ0n) is 18.4. The van der Waals surface area contributed by atoms with Crippen LogP contribution in [0.15, 0.2) is 24.3 Å². The summed E-state index contributed by atoms with van der Waals surface area (Å²) in [7, 11) is 0. The quantitative estimate of drug-likeness (QED) is 0.701. The van der Waals surface area contributed by atoms with Gasteiger partial charge >= 0.3 is 12.3 Å². The van der Waals surface area contributed by atoms with Crippen LogP contribution in [0.2, 0.25) is 0 Å². The molecule has 1 aromatic carbocycles. The van der Waals surface area contributed by atoms with Gasteiger partial charge in [-0.15, -0.1) is 0 Å². The van der Waals surface area contributed by atoms with Crippen molar-refractivity contribution < 1.29 is 37.1 Å². The molecule has 2 aliphatic heterocycles. The molecule has 2 atom stereocenters. The zero-order chi connectivity index (χ0) is 24.6. The van der Waals surface area contributed by atoms with Crippen LogP contribution in [0.3, 0.4) is 0 Å². The van der Waals surface area contributed by atoms with Gasteiger partial charge in [0.05, 0.1) is 0 Å². The lowest BCUT2D eigenvalue weighted by molar-refractivity contribution is -0.182. The maximum atomic E-state index is 13.7. The normalized spacial score (nSPS) is 19.4. The number of hydrogen-bond acceptors (Lipinski definition) is 5. The number of halogens is 3. The molecule has 2 aliphatic rings. The Kier molecular flexibility index (Phi) is 6.57. The minimum Gasteiger partial charge on any atom is -0.444 e. The van der Waals surface area contributed by atoms with Crippen LogP contribution < -0.4 is 10.6 Å². The van der Waals surface area contributed by atoms with Crippen molar-refractivity contribution in [1.29, 1.82) is 0 Å². The highest BCUT2D eigenvalue weighted by Crippen LogP contribution is 2.31. The molecule has 12 heteroatoms. The Bertz CT molecular complexity index is 960. The SMILES string of the molecule is CC(C)(C)OC(=O)NC[C@H](C(=O)N[C@@H]1C(=O)N2CCCN2C(=O)c2ccccc21)C(F)(F)F. The van der Waals surface area contributed by atoms with E-state index in [0.29, 0.717) is 6.42 Å². The van der Waals surface area contributed by atoms with E-state index < -0.39 is 54.1 Å². The molecule has 0 spiro atoms. The van der Waals surface area contributed by atoms with Gasteiger partial charge in [-0.05, 0) is 38.8 Å². The summed E-state index contributed by atoms with van der Waals surface area (Å²) in [4.78, 5) is 50.5. The number of fused-ring (bicyclic) bond motifs is 2. The molecule has 0 aromatic heterocycles. The van der Waals surface area contributed by atoms with Crippen LogP contribution in [-0.4, -0.2) is 65.2 Å². The summed E-state index contributed by atoms with van der Waals surface area (Å²) in [5, 5.41) is 6.49. The lowest BCUT2D eigenvalue weighted by Gasteiger charge is -2.28. The molecule has 0 aliphatic carbocycles. The molecule has 9 nitrogen and oxygen atoms in total. The summed E-state index contributed by atoms with van der Waals surface area (Å²) >= 11 is 0. The second kappa shape index (κ2) is 8.91. The van der Waals surface area contributed by atoms with E-state index in [9.17, 15) is 32.3 Å². The maximum absolute atomic E-state index is 13.7. The fraction of sp³-hybridized carbons (Fsp3) is 0.524. The molecule has 0 bridgehead atoms. The van der Waals surface area contributed by atoms with Crippen molar-refractivity contribution in [3.8, 4) is 0 Å². The molecule has 1 fully saturated rings. The summed E-state index contributed by atoms with van der Waals surface area (Å²) in [6, 6.07) is 4.47. The Morgan fingerprint density at radius 1 is 1.12 bits per heavy atom. The third kappa shape index (κ3) is 5.37. The van der Waals surface area contributed by atoms with Crippen molar-refractivity contribution in [2.45, 2.75) is 45.0 Å². The molecule has 0 radical (unpaired) electrons. The summed E-state index contributed by atoms with van der Waals surface area (Å²) < 4.78 is 45.9. The smallest absolute Gasteiger partial charge is 0.407 e. The van der Waals surface area contributed by atoms with E-state index in [2.05, 4.69) is 5.32 Å². The van der Waals surface area contributed by atoms with Crippen LogP contribution in [0, 0.1) is 5.92 Å². The summed E-state index contributed by atoms with van der Waals surface area (Å²) in [5.41, 5.74) is -0.711. The molecular weight excluding hydrogens is 445 g/mol. The first-order valence-electron chi connectivity index (χ1n) is 10.4. The second-order valence-electron chi connectivity index (χ2n) is 8.75. The van der Waals surface area contributed by atoms with Crippen molar-refractivity contribution in [1.82, 2.24) is 20.7 Å². The number of carbonyl (C=O) groups excluding carboxylic acids is 4. The van der Waals surface area contributed by atoms with Crippen LogP contribution in [-0.2, 0) is 14.3 Å². The molecule has 2 N–H and O–H groups in total. The van der Waals surface area contributed by atoms with Gasteiger partial charge in [0.25, 0.3) is 11.8 Å². The van der Waals surface area contributed by atoms with Crippen molar-refractivity contribution in [3.63, 3.8) is 0 Å². The van der Waals surface area contributed by atoms with Crippen molar-refractivity contribution in [2.75, 3.05) is 19.6 Å². The van der Waals surface area contributed by atoms with E-state index >= 15 is 0 Å². The Morgan fingerprint density at radius 3 is 2.39 bits per heavy atom. The minimum atomic E-state index is -5.01. The number of alkyl carbamates (subject to hydrolysis) is 1. The highest BCUT2D eigenvalue weighted by Gasteiger charge is 2.48. The van der Waals surface area contributed by atoms with Gasteiger partial charge in [0.15, 0.2) is 5.92 Å². The van der Waals surface area contributed by atoms with E-state index in [1.807, 2.05) is 5.32 Å². The number of hydrogen-bond donors (Lipinski definition) is 2.